The molecule has 0 radical (unpaired) electrons. The lowest BCUT2D eigenvalue weighted by molar-refractivity contribution is 0.486. The normalized spacial score (nSPS) is 11.1. The summed E-state index contributed by atoms with van der Waals surface area (Å²) in [5.74, 6) is 0.251. The van der Waals surface area contributed by atoms with Crippen LogP contribution in [-0.2, 0) is 0 Å². The first-order chi connectivity index (χ1) is 6.88. The van der Waals surface area contributed by atoms with E-state index in [1.54, 1.807) is 6.20 Å². The number of fused-ring (bicyclic) bond motifs is 3. The van der Waals surface area contributed by atoms with Gasteiger partial charge in [-0.3, -0.25) is 4.40 Å². The molecule has 0 amide bonds. The molecule has 0 atom stereocenters. The first-order valence-electron chi connectivity index (χ1n) is 4.40. The molecule has 0 aliphatic carbocycles. The molecule has 1 aromatic carbocycles. The molecule has 1 N–H and O–H groups in total. The van der Waals surface area contributed by atoms with E-state index in [1.165, 1.54) is 0 Å². The van der Waals surface area contributed by atoms with Gasteiger partial charge >= 0.3 is 0 Å². The Kier molecular flexibility index (Phi) is 1.31. The fourth-order valence-electron chi connectivity index (χ4n) is 1.75. The van der Waals surface area contributed by atoms with E-state index < -0.39 is 0 Å². The van der Waals surface area contributed by atoms with Crippen LogP contribution in [0.2, 0.25) is 0 Å². The zero-order chi connectivity index (χ0) is 9.54. The molecule has 0 fully saturated rings. The van der Waals surface area contributed by atoms with E-state index in [-0.39, 0.29) is 5.75 Å². The van der Waals surface area contributed by atoms with Crippen LogP contribution in [0, 0.1) is 0 Å². The summed E-state index contributed by atoms with van der Waals surface area (Å²) in [5, 5.41) is 10.7. The summed E-state index contributed by atoms with van der Waals surface area (Å²) in [4.78, 5) is 4.13. The van der Waals surface area contributed by atoms with Crippen molar-refractivity contribution in [3.63, 3.8) is 0 Å². The molecule has 14 heavy (non-hydrogen) atoms. The zero-order valence-electron chi connectivity index (χ0n) is 7.38. The highest BCUT2D eigenvalue weighted by molar-refractivity contribution is 5.93. The molecule has 3 nitrogen and oxygen atoms in total. The Morgan fingerprint density at radius 3 is 2.93 bits per heavy atom. The van der Waals surface area contributed by atoms with Crippen LogP contribution < -0.4 is 0 Å². The monoisotopic (exact) mass is 184 g/mol. The summed E-state index contributed by atoms with van der Waals surface area (Å²) in [6.45, 7) is 0. The van der Waals surface area contributed by atoms with Crippen molar-refractivity contribution in [3.05, 3.63) is 42.7 Å². The first-order valence-corrected chi connectivity index (χ1v) is 4.40. The Balaban J connectivity index is 2.69. The average molecular weight is 184 g/mol. The highest BCUT2D eigenvalue weighted by Crippen LogP contribution is 2.30. The third-order valence-corrected chi connectivity index (χ3v) is 2.38. The van der Waals surface area contributed by atoms with Gasteiger partial charge in [0, 0.05) is 17.8 Å². The van der Waals surface area contributed by atoms with Crippen LogP contribution in [0.3, 0.4) is 0 Å². The van der Waals surface area contributed by atoms with Gasteiger partial charge in [-0.05, 0) is 18.2 Å². The molecule has 0 aliphatic rings. The third-order valence-electron chi connectivity index (χ3n) is 2.38. The molecular formula is C11H8N2O. The van der Waals surface area contributed by atoms with Gasteiger partial charge in [-0.15, -0.1) is 0 Å². The second kappa shape index (κ2) is 2.48. The van der Waals surface area contributed by atoms with E-state index in [0.717, 1.165) is 10.9 Å². The molecule has 3 rings (SSSR count). The summed E-state index contributed by atoms with van der Waals surface area (Å²) in [7, 11) is 0. The maximum absolute atomic E-state index is 9.87. The van der Waals surface area contributed by atoms with Gasteiger partial charge in [0.15, 0.2) is 11.4 Å². The molecule has 0 bridgehead atoms. The van der Waals surface area contributed by atoms with Crippen LogP contribution in [0.5, 0.6) is 5.75 Å². The Labute approximate surface area is 80.2 Å². The van der Waals surface area contributed by atoms with Gasteiger partial charge in [-0.25, -0.2) is 4.98 Å². The second-order valence-electron chi connectivity index (χ2n) is 3.18. The van der Waals surface area contributed by atoms with Crippen LogP contribution in [0.4, 0.5) is 0 Å². The molecule has 0 saturated heterocycles. The third kappa shape index (κ3) is 0.785. The van der Waals surface area contributed by atoms with Crippen LogP contribution in [0.1, 0.15) is 0 Å². The lowest BCUT2D eigenvalue weighted by atomic mass is 10.2. The van der Waals surface area contributed by atoms with Crippen LogP contribution in [-0.4, -0.2) is 14.5 Å². The van der Waals surface area contributed by atoms with Gasteiger partial charge in [-0.2, -0.15) is 0 Å². The van der Waals surface area contributed by atoms with E-state index in [1.807, 2.05) is 40.9 Å². The molecule has 0 aliphatic heterocycles. The van der Waals surface area contributed by atoms with Crippen molar-refractivity contribution >= 4 is 16.6 Å². The number of hydrogen-bond donors (Lipinski definition) is 1. The van der Waals surface area contributed by atoms with Gasteiger partial charge in [-0.1, -0.05) is 12.1 Å². The predicted molar refractivity (Wildman–Crippen MR) is 54.4 cm³/mol. The highest BCUT2D eigenvalue weighted by Gasteiger charge is 2.09. The van der Waals surface area contributed by atoms with Crippen molar-refractivity contribution in [1.82, 2.24) is 9.38 Å². The Bertz CT molecular complexity index is 560. The molecule has 3 aromatic rings. The molecule has 0 spiro atoms. The number of benzene rings is 1. The summed E-state index contributed by atoms with van der Waals surface area (Å²) in [5.41, 5.74) is 1.59. The van der Waals surface area contributed by atoms with Crippen LogP contribution in [0.25, 0.3) is 16.6 Å². The summed E-state index contributed by atoms with van der Waals surface area (Å²) in [6, 6.07) is 9.55. The van der Waals surface area contributed by atoms with Gasteiger partial charge in [0.25, 0.3) is 0 Å². The van der Waals surface area contributed by atoms with E-state index in [9.17, 15) is 5.11 Å². The summed E-state index contributed by atoms with van der Waals surface area (Å²) >= 11 is 0. The fraction of sp³-hybridized carbons (Fsp3) is 0. The molecule has 2 heterocycles. The zero-order valence-corrected chi connectivity index (χ0v) is 7.38. The quantitative estimate of drug-likeness (QED) is 0.581. The lowest BCUT2D eigenvalue weighted by Gasteiger charge is -1.92. The van der Waals surface area contributed by atoms with Crippen molar-refractivity contribution in [2.24, 2.45) is 0 Å². The van der Waals surface area contributed by atoms with E-state index in [4.69, 9.17) is 0 Å². The lowest BCUT2D eigenvalue weighted by Crippen LogP contribution is -1.83. The van der Waals surface area contributed by atoms with Gasteiger partial charge in [0.1, 0.15) is 0 Å². The molecule has 0 unspecified atom stereocenters. The van der Waals surface area contributed by atoms with Gasteiger partial charge in [0.05, 0.1) is 5.52 Å². The maximum atomic E-state index is 9.87. The van der Waals surface area contributed by atoms with Crippen molar-refractivity contribution in [2.45, 2.75) is 0 Å². The predicted octanol–water partition coefficient (Wildman–Crippen LogP) is 2.19. The van der Waals surface area contributed by atoms with Crippen molar-refractivity contribution in [2.75, 3.05) is 0 Å². The van der Waals surface area contributed by atoms with Gasteiger partial charge < -0.3 is 5.11 Å². The number of aromatic nitrogens is 2. The number of aromatic hydroxyl groups is 1. The Morgan fingerprint density at radius 2 is 2.00 bits per heavy atom. The Hall–Kier alpha value is -2.03. The molecule has 68 valence electrons. The van der Waals surface area contributed by atoms with Crippen molar-refractivity contribution in [1.29, 1.82) is 0 Å². The second-order valence-corrected chi connectivity index (χ2v) is 3.18. The standard InChI is InChI=1S/C11H8N2O/c14-10-8-4-1-2-5-9(8)13-7-3-6-12-11(10)13/h1-7,14H. The first kappa shape index (κ1) is 7.38. The number of nitrogens with zero attached hydrogens (tertiary/aromatic N) is 2. The van der Waals surface area contributed by atoms with Crippen LogP contribution in [0.15, 0.2) is 42.7 Å². The minimum atomic E-state index is 0.251. The molecule has 0 saturated carbocycles. The minimum absolute atomic E-state index is 0.251. The molecule has 2 aromatic heterocycles. The SMILES string of the molecule is Oc1c2ccccc2n2cccnc12. The molecular weight excluding hydrogens is 176 g/mol. The number of para-hydroxylation sites is 1. The smallest absolute Gasteiger partial charge is 0.180 e. The largest absolute Gasteiger partial charge is 0.504 e. The van der Waals surface area contributed by atoms with E-state index in [2.05, 4.69) is 4.98 Å². The minimum Gasteiger partial charge on any atom is -0.504 e. The number of hydrogen-bond acceptors (Lipinski definition) is 2. The highest BCUT2D eigenvalue weighted by atomic mass is 16.3. The summed E-state index contributed by atoms with van der Waals surface area (Å²) < 4.78 is 1.88. The van der Waals surface area contributed by atoms with E-state index in [0.29, 0.717) is 5.65 Å². The van der Waals surface area contributed by atoms with Crippen molar-refractivity contribution in [3.8, 4) is 5.75 Å². The fourth-order valence-corrected chi connectivity index (χ4v) is 1.75. The maximum Gasteiger partial charge on any atom is 0.180 e. The summed E-state index contributed by atoms with van der Waals surface area (Å²) in [6.07, 6.45) is 3.57. The van der Waals surface area contributed by atoms with Gasteiger partial charge in [0.2, 0.25) is 0 Å². The molecule has 3 heteroatoms. The van der Waals surface area contributed by atoms with Crippen molar-refractivity contribution < 1.29 is 5.11 Å². The van der Waals surface area contributed by atoms with Crippen LogP contribution >= 0.6 is 0 Å². The van der Waals surface area contributed by atoms with E-state index >= 15 is 0 Å². The number of rotatable bonds is 0. The average Bonchev–Trinajstić information content (AvgIpc) is 2.55. The Morgan fingerprint density at radius 1 is 1.14 bits per heavy atom. The topological polar surface area (TPSA) is 37.5 Å².